The molecule has 0 bridgehead atoms. The molecule has 1 fully saturated rings. The first-order valence-corrected chi connectivity index (χ1v) is 8.56. The summed E-state index contributed by atoms with van der Waals surface area (Å²) in [7, 11) is 0. The van der Waals surface area contributed by atoms with Crippen molar-refractivity contribution in [2.75, 3.05) is 0 Å². The lowest BCUT2D eigenvalue weighted by molar-refractivity contribution is 0.262. The molecule has 1 aliphatic rings. The molecule has 0 amide bonds. The van der Waals surface area contributed by atoms with Crippen LogP contribution < -0.4 is 5.32 Å². The van der Waals surface area contributed by atoms with E-state index in [1.54, 1.807) is 0 Å². The first kappa shape index (κ1) is 14.9. The van der Waals surface area contributed by atoms with Gasteiger partial charge in [0.05, 0.1) is 0 Å². The molecule has 21 heavy (non-hydrogen) atoms. The maximum Gasteiger partial charge on any atom is 0.199 e. The standard InChI is InChI=1S/C18H24ClNO/c1-2-16(13-8-4-3-5-9-13)20-12-15-14-10-6-7-11-17(14)21-18(15)19/h6-7,10-11,13,16,20H,2-5,8-9,12H2,1H3. The third-order valence-electron chi connectivity index (χ3n) is 4.85. The summed E-state index contributed by atoms with van der Waals surface area (Å²) >= 11 is 6.27. The van der Waals surface area contributed by atoms with Gasteiger partial charge in [0.1, 0.15) is 5.58 Å². The molecule has 1 N–H and O–H groups in total. The van der Waals surface area contributed by atoms with Gasteiger partial charge in [0.2, 0.25) is 0 Å². The molecule has 114 valence electrons. The van der Waals surface area contributed by atoms with Gasteiger partial charge in [-0.1, -0.05) is 44.4 Å². The van der Waals surface area contributed by atoms with E-state index in [9.17, 15) is 0 Å². The van der Waals surface area contributed by atoms with E-state index < -0.39 is 0 Å². The zero-order chi connectivity index (χ0) is 14.7. The number of furan rings is 1. The van der Waals surface area contributed by atoms with Gasteiger partial charge in [-0.05, 0) is 42.8 Å². The molecule has 0 saturated heterocycles. The Hall–Kier alpha value is -0.990. The molecule has 1 atom stereocenters. The number of halogens is 1. The van der Waals surface area contributed by atoms with Gasteiger partial charge in [-0.15, -0.1) is 0 Å². The summed E-state index contributed by atoms with van der Waals surface area (Å²) < 4.78 is 5.64. The van der Waals surface area contributed by atoms with E-state index in [0.29, 0.717) is 11.3 Å². The SMILES string of the molecule is CCC(NCc1c(Cl)oc2ccccc12)C1CCCCC1. The maximum absolute atomic E-state index is 6.27. The van der Waals surface area contributed by atoms with E-state index in [0.717, 1.165) is 29.0 Å². The molecule has 1 aromatic heterocycles. The Balaban J connectivity index is 1.71. The van der Waals surface area contributed by atoms with Crippen LogP contribution in [0.15, 0.2) is 28.7 Å². The molecule has 1 aromatic carbocycles. The molecule has 3 heteroatoms. The predicted octanol–water partition coefficient (Wildman–Crippen LogP) is 5.53. The summed E-state index contributed by atoms with van der Waals surface area (Å²) in [5.41, 5.74) is 1.98. The highest BCUT2D eigenvalue weighted by Crippen LogP contribution is 2.31. The van der Waals surface area contributed by atoms with Crippen molar-refractivity contribution in [1.82, 2.24) is 5.32 Å². The fourth-order valence-corrected chi connectivity index (χ4v) is 3.90. The van der Waals surface area contributed by atoms with Crippen LogP contribution in [0.25, 0.3) is 11.0 Å². The van der Waals surface area contributed by atoms with E-state index in [1.165, 1.54) is 38.5 Å². The zero-order valence-electron chi connectivity index (χ0n) is 12.7. The minimum Gasteiger partial charge on any atom is -0.444 e. The van der Waals surface area contributed by atoms with Crippen molar-refractivity contribution in [2.24, 2.45) is 5.92 Å². The van der Waals surface area contributed by atoms with E-state index in [2.05, 4.69) is 18.3 Å². The quantitative estimate of drug-likeness (QED) is 0.785. The molecule has 1 unspecified atom stereocenters. The van der Waals surface area contributed by atoms with E-state index in [-0.39, 0.29) is 0 Å². The number of fused-ring (bicyclic) bond motifs is 1. The molecular formula is C18H24ClNO. The highest BCUT2D eigenvalue weighted by Gasteiger charge is 2.22. The minimum atomic E-state index is 0.530. The van der Waals surface area contributed by atoms with Crippen LogP contribution >= 0.6 is 11.6 Å². The van der Waals surface area contributed by atoms with Crippen LogP contribution in [0.5, 0.6) is 0 Å². The normalized spacial score (nSPS) is 18.2. The van der Waals surface area contributed by atoms with Crippen LogP contribution in [-0.2, 0) is 6.54 Å². The second-order valence-corrected chi connectivity index (χ2v) is 6.49. The predicted molar refractivity (Wildman–Crippen MR) is 88.7 cm³/mol. The summed E-state index contributed by atoms with van der Waals surface area (Å²) in [6.45, 7) is 3.08. The lowest BCUT2D eigenvalue weighted by atomic mass is 9.83. The fraction of sp³-hybridized carbons (Fsp3) is 0.556. The molecule has 0 radical (unpaired) electrons. The third kappa shape index (κ3) is 3.27. The zero-order valence-corrected chi connectivity index (χ0v) is 13.5. The average molecular weight is 306 g/mol. The third-order valence-corrected chi connectivity index (χ3v) is 5.15. The molecule has 0 aliphatic heterocycles. The largest absolute Gasteiger partial charge is 0.444 e. The molecule has 1 saturated carbocycles. The molecular weight excluding hydrogens is 282 g/mol. The Labute approximate surface area is 131 Å². The molecule has 3 rings (SSSR count). The Morgan fingerprint density at radius 2 is 2.00 bits per heavy atom. The Morgan fingerprint density at radius 3 is 2.76 bits per heavy atom. The second-order valence-electron chi connectivity index (χ2n) is 6.14. The lowest BCUT2D eigenvalue weighted by Gasteiger charge is -2.30. The number of hydrogen-bond donors (Lipinski definition) is 1. The number of para-hydroxylation sites is 1. The minimum absolute atomic E-state index is 0.530. The first-order chi connectivity index (χ1) is 10.3. The van der Waals surface area contributed by atoms with Crippen molar-refractivity contribution in [3.05, 3.63) is 35.0 Å². The van der Waals surface area contributed by atoms with E-state index >= 15 is 0 Å². The summed E-state index contributed by atoms with van der Waals surface area (Å²) in [4.78, 5) is 0. The number of hydrogen-bond acceptors (Lipinski definition) is 2. The van der Waals surface area contributed by atoms with E-state index in [4.69, 9.17) is 16.0 Å². The number of nitrogens with one attached hydrogen (secondary N) is 1. The Bertz CT molecular complexity index is 586. The summed E-state index contributed by atoms with van der Waals surface area (Å²) in [6, 6.07) is 8.67. The van der Waals surface area contributed by atoms with Gasteiger partial charge in [0, 0.05) is 23.5 Å². The van der Waals surface area contributed by atoms with Crippen molar-refractivity contribution < 1.29 is 4.42 Å². The van der Waals surface area contributed by atoms with Gasteiger partial charge >= 0.3 is 0 Å². The Morgan fingerprint density at radius 1 is 1.24 bits per heavy atom. The van der Waals surface area contributed by atoms with Crippen molar-refractivity contribution in [1.29, 1.82) is 0 Å². The Kier molecular flexibility index (Phi) is 4.87. The first-order valence-electron chi connectivity index (χ1n) is 8.19. The highest BCUT2D eigenvalue weighted by molar-refractivity contribution is 6.30. The van der Waals surface area contributed by atoms with Crippen LogP contribution in [0.4, 0.5) is 0 Å². The highest BCUT2D eigenvalue weighted by atomic mass is 35.5. The number of benzene rings is 1. The molecule has 0 spiro atoms. The topological polar surface area (TPSA) is 25.2 Å². The van der Waals surface area contributed by atoms with Gasteiger partial charge < -0.3 is 9.73 Å². The van der Waals surface area contributed by atoms with Crippen molar-refractivity contribution in [2.45, 2.75) is 58.0 Å². The summed E-state index contributed by atoms with van der Waals surface area (Å²) in [5.74, 6) is 0.820. The smallest absolute Gasteiger partial charge is 0.199 e. The molecule has 1 heterocycles. The molecule has 2 aromatic rings. The molecule has 2 nitrogen and oxygen atoms in total. The van der Waals surface area contributed by atoms with Gasteiger partial charge in [0.25, 0.3) is 0 Å². The molecule has 1 aliphatic carbocycles. The monoisotopic (exact) mass is 305 g/mol. The van der Waals surface area contributed by atoms with Crippen LogP contribution in [0.3, 0.4) is 0 Å². The lowest BCUT2D eigenvalue weighted by Crippen LogP contribution is -2.36. The van der Waals surface area contributed by atoms with Crippen LogP contribution in [-0.4, -0.2) is 6.04 Å². The van der Waals surface area contributed by atoms with Crippen molar-refractivity contribution in [3.63, 3.8) is 0 Å². The van der Waals surface area contributed by atoms with Gasteiger partial charge in [-0.25, -0.2) is 0 Å². The summed E-state index contributed by atoms with van der Waals surface area (Å²) in [5, 5.41) is 5.39. The second kappa shape index (κ2) is 6.85. The van der Waals surface area contributed by atoms with Crippen molar-refractivity contribution >= 4 is 22.6 Å². The van der Waals surface area contributed by atoms with Crippen LogP contribution in [0, 0.1) is 5.92 Å². The number of rotatable bonds is 5. The fourth-order valence-electron chi connectivity index (χ4n) is 3.65. The van der Waals surface area contributed by atoms with Crippen LogP contribution in [0.2, 0.25) is 5.22 Å². The van der Waals surface area contributed by atoms with Crippen molar-refractivity contribution in [3.8, 4) is 0 Å². The van der Waals surface area contributed by atoms with Crippen LogP contribution in [0.1, 0.15) is 51.0 Å². The van der Waals surface area contributed by atoms with Gasteiger partial charge in [-0.2, -0.15) is 0 Å². The van der Waals surface area contributed by atoms with Gasteiger partial charge in [-0.3, -0.25) is 0 Å². The maximum atomic E-state index is 6.27. The van der Waals surface area contributed by atoms with Gasteiger partial charge in [0.15, 0.2) is 5.22 Å². The summed E-state index contributed by atoms with van der Waals surface area (Å²) in [6.07, 6.45) is 8.09. The van der Waals surface area contributed by atoms with E-state index in [1.807, 2.05) is 18.2 Å². The average Bonchev–Trinajstić information content (AvgIpc) is 2.85.